The third kappa shape index (κ3) is 2.07. The quantitative estimate of drug-likeness (QED) is 0.726. The van der Waals surface area contributed by atoms with E-state index in [-0.39, 0.29) is 0 Å². The largest absolute Gasteiger partial charge is 0.457 e. The molecule has 1 fully saturated rings. The molecule has 1 heterocycles. The van der Waals surface area contributed by atoms with Crippen LogP contribution >= 0.6 is 0 Å². The van der Waals surface area contributed by atoms with Crippen LogP contribution < -0.4 is 4.74 Å². The molecule has 0 spiro atoms. The monoisotopic (exact) mass is 212 g/mol. The van der Waals surface area contributed by atoms with E-state index in [1.165, 1.54) is 5.56 Å². The summed E-state index contributed by atoms with van der Waals surface area (Å²) in [6.45, 7) is 0.846. The van der Waals surface area contributed by atoms with Crippen LogP contribution in [0.4, 0.5) is 0 Å². The summed E-state index contributed by atoms with van der Waals surface area (Å²) in [6, 6.07) is 17.8. The van der Waals surface area contributed by atoms with Gasteiger partial charge in [0.2, 0.25) is 0 Å². The second-order valence-electron chi connectivity index (χ2n) is 3.81. The van der Waals surface area contributed by atoms with Gasteiger partial charge in [0.25, 0.3) is 0 Å². The number of para-hydroxylation sites is 1. The molecule has 2 aromatic rings. The van der Waals surface area contributed by atoms with E-state index in [4.69, 9.17) is 9.47 Å². The van der Waals surface area contributed by atoms with Crippen molar-refractivity contribution in [2.75, 3.05) is 6.61 Å². The fourth-order valence-electron chi connectivity index (χ4n) is 1.62. The molecule has 0 aliphatic carbocycles. The van der Waals surface area contributed by atoms with E-state index in [2.05, 4.69) is 12.1 Å². The molecule has 0 N–H and O–H groups in total. The second-order valence-corrected chi connectivity index (χ2v) is 3.81. The number of epoxide rings is 1. The summed E-state index contributed by atoms with van der Waals surface area (Å²) in [5.74, 6) is 1.72. The minimum atomic E-state index is 0.311. The number of rotatable bonds is 3. The highest BCUT2D eigenvalue weighted by molar-refractivity contribution is 5.34. The van der Waals surface area contributed by atoms with Gasteiger partial charge in [-0.15, -0.1) is 0 Å². The Morgan fingerprint density at radius 1 is 0.875 bits per heavy atom. The maximum Gasteiger partial charge on any atom is 0.127 e. The fraction of sp³-hybridized carbons (Fsp3) is 0.143. The lowest BCUT2D eigenvalue weighted by Crippen LogP contribution is -1.85. The molecule has 0 amide bonds. The van der Waals surface area contributed by atoms with Crippen molar-refractivity contribution in [2.24, 2.45) is 0 Å². The van der Waals surface area contributed by atoms with Gasteiger partial charge in [0.05, 0.1) is 6.61 Å². The summed E-state index contributed by atoms with van der Waals surface area (Å²) < 4.78 is 10.9. The summed E-state index contributed by atoms with van der Waals surface area (Å²) >= 11 is 0. The molecule has 1 saturated heterocycles. The summed E-state index contributed by atoms with van der Waals surface area (Å²) in [5.41, 5.74) is 1.22. The minimum Gasteiger partial charge on any atom is -0.457 e. The van der Waals surface area contributed by atoms with Crippen LogP contribution in [0.15, 0.2) is 54.6 Å². The summed E-state index contributed by atoms with van der Waals surface area (Å²) in [4.78, 5) is 0. The zero-order valence-electron chi connectivity index (χ0n) is 8.80. The van der Waals surface area contributed by atoms with E-state index in [9.17, 15) is 0 Å². The molecule has 2 aromatic carbocycles. The van der Waals surface area contributed by atoms with E-state index in [1.54, 1.807) is 0 Å². The Balaban J connectivity index is 1.75. The van der Waals surface area contributed by atoms with Crippen molar-refractivity contribution in [1.82, 2.24) is 0 Å². The molecule has 0 bridgehead atoms. The van der Waals surface area contributed by atoms with Crippen LogP contribution in [0.1, 0.15) is 11.7 Å². The average molecular weight is 212 g/mol. The summed E-state index contributed by atoms with van der Waals surface area (Å²) in [5, 5.41) is 0. The fourth-order valence-corrected chi connectivity index (χ4v) is 1.62. The van der Waals surface area contributed by atoms with Gasteiger partial charge in [0, 0.05) is 0 Å². The first kappa shape index (κ1) is 9.43. The van der Waals surface area contributed by atoms with Crippen molar-refractivity contribution >= 4 is 0 Å². The Morgan fingerprint density at radius 2 is 1.50 bits per heavy atom. The molecule has 1 aliphatic rings. The van der Waals surface area contributed by atoms with Gasteiger partial charge in [-0.3, -0.25) is 0 Å². The van der Waals surface area contributed by atoms with Crippen LogP contribution in [0.25, 0.3) is 0 Å². The molecule has 0 unspecified atom stereocenters. The Morgan fingerprint density at radius 3 is 2.12 bits per heavy atom. The number of hydrogen-bond donors (Lipinski definition) is 0. The van der Waals surface area contributed by atoms with Crippen LogP contribution in [-0.2, 0) is 4.74 Å². The predicted octanol–water partition coefficient (Wildman–Crippen LogP) is 3.55. The van der Waals surface area contributed by atoms with Crippen molar-refractivity contribution < 1.29 is 9.47 Å². The molecule has 0 radical (unpaired) electrons. The Bertz CT molecular complexity index is 458. The van der Waals surface area contributed by atoms with Crippen molar-refractivity contribution in [3.05, 3.63) is 60.2 Å². The van der Waals surface area contributed by atoms with E-state index in [1.807, 2.05) is 42.5 Å². The van der Waals surface area contributed by atoms with Crippen molar-refractivity contribution in [2.45, 2.75) is 6.10 Å². The van der Waals surface area contributed by atoms with Gasteiger partial charge >= 0.3 is 0 Å². The summed E-state index contributed by atoms with van der Waals surface area (Å²) in [7, 11) is 0. The predicted molar refractivity (Wildman–Crippen MR) is 61.7 cm³/mol. The molecule has 2 nitrogen and oxygen atoms in total. The van der Waals surface area contributed by atoms with Gasteiger partial charge in [0.15, 0.2) is 0 Å². The highest BCUT2D eigenvalue weighted by Gasteiger charge is 2.24. The molecular weight excluding hydrogens is 200 g/mol. The van der Waals surface area contributed by atoms with Gasteiger partial charge in [-0.05, 0) is 29.8 Å². The molecule has 1 atom stereocenters. The van der Waals surface area contributed by atoms with E-state index >= 15 is 0 Å². The lowest BCUT2D eigenvalue weighted by atomic mass is 10.1. The molecular formula is C14H12O2. The SMILES string of the molecule is c1ccc(Oc2ccc([C@H]3CO3)cc2)cc1. The smallest absolute Gasteiger partial charge is 0.127 e. The highest BCUT2D eigenvalue weighted by Crippen LogP contribution is 2.31. The third-order valence-corrected chi connectivity index (χ3v) is 2.56. The maximum atomic E-state index is 5.69. The minimum absolute atomic E-state index is 0.311. The molecule has 1 aliphatic heterocycles. The number of benzene rings is 2. The molecule has 3 rings (SSSR count). The number of ether oxygens (including phenoxy) is 2. The van der Waals surface area contributed by atoms with Crippen LogP contribution in [0, 0.1) is 0 Å². The van der Waals surface area contributed by atoms with Gasteiger partial charge in [-0.25, -0.2) is 0 Å². The molecule has 16 heavy (non-hydrogen) atoms. The Hall–Kier alpha value is -1.80. The summed E-state index contributed by atoms with van der Waals surface area (Å²) in [6.07, 6.45) is 0.311. The van der Waals surface area contributed by atoms with Crippen LogP contribution in [0.2, 0.25) is 0 Å². The Kier molecular flexibility index (Phi) is 2.35. The average Bonchev–Trinajstić information content (AvgIpc) is 3.15. The van der Waals surface area contributed by atoms with Gasteiger partial charge in [-0.1, -0.05) is 30.3 Å². The molecule has 2 heteroatoms. The molecule has 80 valence electrons. The van der Waals surface area contributed by atoms with E-state index in [0.29, 0.717) is 6.10 Å². The van der Waals surface area contributed by atoms with Gasteiger partial charge in [0.1, 0.15) is 17.6 Å². The van der Waals surface area contributed by atoms with Crippen LogP contribution in [0.3, 0.4) is 0 Å². The zero-order valence-corrected chi connectivity index (χ0v) is 8.80. The normalized spacial score (nSPS) is 18.1. The lowest BCUT2D eigenvalue weighted by Gasteiger charge is -2.05. The lowest BCUT2D eigenvalue weighted by molar-refractivity contribution is 0.415. The van der Waals surface area contributed by atoms with Gasteiger partial charge < -0.3 is 9.47 Å². The maximum absolute atomic E-state index is 5.69. The first-order valence-corrected chi connectivity index (χ1v) is 5.36. The van der Waals surface area contributed by atoms with Crippen LogP contribution in [-0.4, -0.2) is 6.61 Å². The van der Waals surface area contributed by atoms with Crippen molar-refractivity contribution in [1.29, 1.82) is 0 Å². The van der Waals surface area contributed by atoms with Crippen molar-refractivity contribution in [3.63, 3.8) is 0 Å². The molecule has 0 saturated carbocycles. The van der Waals surface area contributed by atoms with Crippen molar-refractivity contribution in [3.8, 4) is 11.5 Å². The van der Waals surface area contributed by atoms with Crippen LogP contribution in [0.5, 0.6) is 11.5 Å². The third-order valence-electron chi connectivity index (χ3n) is 2.56. The first-order valence-electron chi connectivity index (χ1n) is 5.36. The first-order chi connectivity index (χ1) is 7.92. The second kappa shape index (κ2) is 3.99. The van der Waals surface area contributed by atoms with E-state index in [0.717, 1.165) is 18.1 Å². The van der Waals surface area contributed by atoms with Gasteiger partial charge in [-0.2, -0.15) is 0 Å². The van der Waals surface area contributed by atoms with E-state index < -0.39 is 0 Å². The Labute approximate surface area is 94.4 Å². The standard InChI is InChI=1S/C14H12O2/c1-2-4-12(5-3-1)16-13-8-6-11(7-9-13)14-10-15-14/h1-9,14H,10H2/t14-/m1/s1. The highest BCUT2D eigenvalue weighted by atomic mass is 16.6. The topological polar surface area (TPSA) is 21.8 Å². The molecule has 0 aromatic heterocycles. The zero-order chi connectivity index (χ0) is 10.8. The number of hydrogen-bond acceptors (Lipinski definition) is 2.